The van der Waals surface area contributed by atoms with Crippen LogP contribution in [0.4, 0.5) is 0 Å². The van der Waals surface area contributed by atoms with E-state index in [1.807, 2.05) is 13.8 Å². The number of hydrogen-bond acceptors (Lipinski definition) is 7. The summed E-state index contributed by atoms with van der Waals surface area (Å²) in [6.07, 6.45) is 1.01. The quantitative estimate of drug-likeness (QED) is 0.383. The average molecular weight is 428 g/mol. The second-order valence-corrected chi connectivity index (χ2v) is 8.25. The summed E-state index contributed by atoms with van der Waals surface area (Å²) in [5.41, 5.74) is 0.0599. The van der Waals surface area contributed by atoms with Crippen molar-refractivity contribution in [1.29, 1.82) is 0 Å². The molecule has 0 amide bonds. The van der Waals surface area contributed by atoms with Gasteiger partial charge in [0.25, 0.3) is 0 Å². The van der Waals surface area contributed by atoms with E-state index in [1.165, 1.54) is 13.8 Å². The van der Waals surface area contributed by atoms with Crippen LogP contribution in [-0.2, 0) is 0 Å². The zero-order chi connectivity index (χ0) is 23.4. The first-order valence-electron chi connectivity index (χ1n) is 10.4. The molecule has 0 unspecified atom stereocenters. The Morgan fingerprint density at radius 3 is 1.32 bits per heavy atom. The molecule has 4 N–H and O–H groups in total. The number of fused-ring (bicyclic) bond motifs is 3. The molecule has 0 saturated heterocycles. The summed E-state index contributed by atoms with van der Waals surface area (Å²) in [6, 6.07) is 0. The van der Waals surface area contributed by atoms with Crippen LogP contribution in [0.2, 0.25) is 0 Å². The Balaban J connectivity index is 2.54. The van der Waals surface area contributed by atoms with E-state index in [0.717, 1.165) is 0 Å². The Labute approximate surface area is 179 Å². The predicted octanol–water partition coefficient (Wildman–Crippen LogP) is 5.48. The Morgan fingerprint density at radius 2 is 1.03 bits per heavy atom. The molecule has 3 aromatic rings. The molecule has 2 aromatic carbocycles. The summed E-state index contributed by atoms with van der Waals surface area (Å²) in [4.78, 5) is 25.7. The summed E-state index contributed by atoms with van der Waals surface area (Å²) in [5, 5.41) is 43.4. The molecular formula is C24H28O7. The second kappa shape index (κ2) is 7.80. The molecule has 0 bridgehead atoms. The van der Waals surface area contributed by atoms with Gasteiger partial charge >= 0.3 is 0 Å². The van der Waals surface area contributed by atoms with Crippen LogP contribution >= 0.6 is 0 Å². The maximum Gasteiger partial charge on any atom is 0.173 e. The van der Waals surface area contributed by atoms with Gasteiger partial charge in [-0.25, -0.2) is 0 Å². The summed E-state index contributed by atoms with van der Waals surface area (Å²) in [5.74, 6) is -3.62. The number of rotatable bonds is 6. The van der Waals surface area contributed by atoms with Gasteiger partial charge in [-0.15, -0.1) is 0 Å². The van der Waals surface area contributed by atoms with Gasteiger partial charge in [-0.05, 0) is 26.7 Å². The van der Waals surface area contributed by atoms with E-state index in [4.69, 9.17) is 4.42 Å². The number of benzene rings is 2. The highest BCUT2D eigenvalue weighted by molar-refractivity contribution is 6.21. The number of aryl methyl sites for hydroxylation is 2. The van der Waals surface area contributed by atoms with Crippen LogP contribution in [0.25, 0.3) is 21.9 Å². The fourth-order valence-corrected chi connectivity index (χ4v) is 3.81. The van der Waals surface area contributed by atoms with Crippen LogP contribution in [0.3, 0.4) is 0 Å². The number of carbonyl (C=O) groups excluding carboxylic acids is 2. The molecule has 1 heterocycles. The first-order chi connectivity index (χ1) is 14.5. The molecule has 3 rings (SSSR count). The predicted molar refractivity (Wildman–Crippen MR) is 117 cm³/mol. The topological polar surface area (TPSA) is 128 Å². The van der Waals surface area contributed by atoms with Crippen molar-refractivity contribution in [2.45, 2.75) is 54.4 Å². The fraction of sp³-hybridized carbons (Fsp3) is 0.417. The van der Waals surface area contributed by atoms with Gasteiger partial charge in [-0.2, -0.15) is 0 Å². The number of phenols is 4. The number of phenolic OH excluding ortho intramolecular Hbond substituents is 4. The molecule has 0 saturated carbocycles. The third-order valence-electron chi connectivity index (χ3n) is 6.33. The van der Waals surface area contributed by atoms with Crippen LogP contribution in [0.1, 0.15) is 72.4 Å². The lowest BCUT2D eigenvalue weighted by Crippen LogP contribution is -2.12. The van der Waals surface area contributed by atoms with Gasteiger partial charge in [-0.3, -0.25) is 9.59 Å². The molecule has 2 atom stereocenters. The number of aromatic hydroxyl groups is 4. The smallest absolute Gasteiger partial charge is 0.173 e. The van der Waals surface area contributed by atoms with Crippen LogP contribution < -0.4 is 0 Å². The summed E-state index contributed by atoms with van der Waals surface area (Å²) in [7, 11) is 0. The highest BCUT2D eigenvalue weighted by Crippen LogP contribution is 2.51. The number of carbonyl (C=O) groups is 2. The van der Waals surface area contributed by atoms with Gasteiger partial charge in [0, 0.05) is 23.0 Å². The largest absolute Gasteiger partial charge is 0.507 e. The molecule has 0 aliphatic heterocycles. The normalized spacial score (nSPS) is 13.6. The van der Waals surface area contributed by atoms with Crippen LogP contribution in [-0.4, -0.2) is 32.0 Å². The van der Waals surface area contributed by atoms with Crippen LogP contribution in [0.15, 0.2) is 4.42 Å². The Morgan fingerprint density at radius 1 is 0.710 bits per heavy atom. The zero-order valence-corrected chi connectivity index (χ0v) is 18.6. The van der Waals surface area contributed by atoms with Crippen molar-refractivity contribution in [2.24, 2.45) is 11.8 Å². The van der Waals surface area contributed by atoms with Crippen LogP contribution in [0, 0.1) is 25.7 Å². The molecular weight excluding hydrogens is 400 g/mol. The highest BCUT2D eigenvalue weighted by atomic mass is 16.3. The van der Waals surface area contributed by atoms with Gasteiger partial charge in [0.05, 0.1) is 10.8 Å². The molecule has 1 aromatic heterocycles. The van der Waals surface area contributed by atoms with Gasteiger partial charge < -0.3 is 24.8 Å². The van der Waals surface area contributed by atoms with Crippen LogP contribution in [0.5, 0.6) is 23.0 Å². The van der Waals surface area contributed by atoms with Gasteiger partial charge in [0.15, 0.2) is 11.6 Å². The third-order valence-corrected chi connectivity index (χ3v) is 6.33. The molecule has 31 heavy (non-hydrogen) atoms. The minimum absolute atomic E-state index is 0.0238. The molecule has 7 heteroatoms. The lowest BCUT2D eigenvalue weighted by Gasteiger charge is -2.15. The van der Waals surface area contributed by atoms with Crippen molar-refractivity contribution >= 4 is 33.5 Å². The number of ketones is 2. The zero-order valence-electron chi connectivity index (χ0n) is 18.6. The third kappa shape index (κ3) is 3.10. The molecule has 166 valence electrons. The van der Waals surface area contributed by atoms with Crippen molar-refractivity contribution in [3.05, 3.63) is 22.3 Å². The summed E-state index contributed by atoms with van der Waals surface area (Å²) >= 11 is 0. The van der Waals surface area contributed by atoms with Crippen molar-refractivity contribution in [3.63, 3.8) is 0 Å². The fourth-order valence-electron chi connectivity index (χ4n) is 3.81. The number of Topliss-reactive ketones (excluding diaryl/α,β-unsaturated/α-hetero) is 2. The molecule has 0 radical (unpaired) electrons. The van der Waals surface area contributed by atoms with Gasteiger partial charge in [0.2, 0.25) is 0 Å². The second-order valence-electron chi connectivity index (χ2n) is 8.25. The Kier molecular flexibility index (Phi) is 5.65. The van der Waals surface area contributed by atoms with E-state index in [0.29, 0.717) is 12.8 Å². The monoisotopic (exact) mass is 428 g/mol. The van der Waals surface area contributed by atoms with E-state index in [-0.39, 0.29) is 44.2 Å². The first-order valence-corrected chi connectivity index (χ1v) is 10.4. The van der Waals surface area contributed by atoms with Gasteiger partial charge in [-0.1, -0.05) is 27.7 Å². The summed E-state index contributed by atoms with van der Waals surface area (Å²) < 4.78 is 5.82. The van der Waals surface area contributed by atoms with E-state index in [9.17, 15) is 30.0 Å². The number of furan rings is 1. The highest BCUT2D eigenvalue weighted by Gasteiger charge is 2.33. The molecule has 0 aliphatic carbocycles. The lowest BCUT2D eigenvalue weighted by atomic mass is 9.90. The average Bonchev–Trinajstić information content (AvgIpc) is 3.16. The lowest BCUT2D eigenvalue weighted by molar-refractivity contribution is 0.0913. The van der Waals surface area contributed by atoms with E-state index >= 15 is 0 Å². The van der Waals surface area contributed by atoms with Crippen molar-refractivity contribution in [2.75, 3.05) is 0 Å². The SMILES string of the molecule is CC[C@@H](C)C(=O)c1c(O)c(C)c2oc3c(C)c(O)c(C(=O)[C@H](C)CC)c(O)c3c2c1O. The summed E-state index contributed by atoms with van der Waals surface area (Å²) in [6.45, 7) is 10.1. The van der Waals surface area contributed by atoms with Crippen molar-refractivity contribution in [3.8, 4) is 23.0 Å². The van der Waals surface area contributed by atoms with Gasteiger partial charge in [0.1, 0.15) is 45.3 Å². The molecule has 0 fully saturated rings. The minimum atomic E-state index is -0.524. The van der Waals surface area contributed by atoms with E-state index < -0.39 is 46.4 Å². The maximum atomic E-state index is 12.9. The minimum Gasteiger partial charge on any atom is -0.507 e. The Bertz CT molecular complexity index is 1140. The van der Waals surface area contributed by atoms with Crippen molar-refractivity contribution < 1.29 is 34.4 Å². The number of hydrogen-bond donors (Lipinski definition) is 4. The molecule has 0 spiro atoms. The maximum absolute atomic E-state index is 12.9. The first kappa shape index (κ1) is 22.5. The standard InChI is InChI=1S/C24H28O7/c1-7-9(3)17(25)15-19(27)11(5)23-13(21(15)29)14-22(30)16(18(26)10(4)8-2)20(28)12(6)24(14)31-23/h9-10,27-30H,7-8H2,1-6H3/t9-,10-/m1/s1. The van der Waals surface area contributed by atoms with E-state index in [2.05, 4.69) is 0 Å². The van der Waals surface area contributed by atoms with Crippen molar-refractivity contribution in [1.82, 2.24) is 0 Å². The molecule has 0 aliphatic rings. The molecule has 7 nitrogen and oxygen atoms in total. The Hall–Kier alpha value is -3.22. The van der Waals surface area contributed by atoms with E-state index in [1.54, 1.807) is 13.8 Å².